The normalized spacial score (nSPS) is 11.2. The molecule has 3 heteroatoms. The Morgan fingerprint density at radius 3 is 2.40 bits per heavy atom. The van der Waals surface area contributed by atoms with Gasteiger partial charge in [0.2, 0.25) is 0 Å². The first-order valence-corrected chi connectivity index (χ1v) is 6.52. The third-order valence-corrected chi connectivity index (χ3v) is 3.60. The molecule has 0 aliphatic carbocycles. The third kappa shape index (κ3) is 1.50. The smallest absolute Gasteiger partial charge is 0.197 e. The molecule has 0 radical (unpaired) electrons. The number of hydrogen-bond donors (Lipinski definition) is 1. The largest absolute Gasteiger partial charge is 0.353 e. The van der Waals surface area contributed by atoms with Crippen LogP contribution in [0.5, 0.6) is 0 Å². The number of fused-ring (bicyclic) bond motifs is 2. The van der Waals surface area contributed by atoms with E-state index in [-0.39, 0.29) is 5.43 Å². The topological polar surface area (TPSA) is 37.8 Å². The molecule has 0 saturated heterocycles. The zero-order valence-electron chi connectivity index (χ0n) is 10.7. The molecule has 0 bridgehead atoms. The molecule has 0 saturated carbocycles. The Labute approximate surface area is 115 Å². The SMILES string of the molecule is O=c1c2ccccc2[nH]c2c(-n3cccc3)cccc12. The molecule has 0 amide bonds. The fourth-order valence-electron chi connectivity index (χ4n) is 2.64. The molecular formula is C17H12N2O. The van der Waals surface area contributed by atoms with Gasteiger partial charge in [0.1, 0.15) is 0 Å². The standard InChI is InChI=1S/C17H12N2O/c20-17-12-6-1-2-8-14(12)18-16-13(17)7-5-9-15(16)19-10-3-4-11-19/h1-11H,(H,18,20). The lowest BCUT2D eigenvalue weighted by Gasteiger charge is -2.09. The first-order chi connectivity index (χ1) is 9.84. The summed E-state index contributed by atoms with van der Waals surface area (Å²) in [6.07, 6.45) is 3.95. The van der Waals surface area contributed by atoms with Crippen molar-refractivity contribution in [2.24, 2.45) is 0 Å². The van der Waals surface area contributed by atoms with E-state index in [2.05, 4.69) is 4.98 Å². The van der Waals surface area contributed by atoms with Crippen molar-refractivity contribution in [3.05, 3.63) is 77.2 Å². The van der Waals surface area contributed by atoms with Crippen LogP contribution in [0.25, 0.3) is 27.5 Å². The Hall–Kier alpha value is -2.81. The molecule has 4 aromatic rings. The van der Waals surface area contributed by atoms with Crippen LogP contribution in [0.15, 0.2) is 71.8 Å². The van der Waals surface area contributed by atoms with Crippen molar-refractivity contribution in [3.8, 4) is 5.69 Å². The summed E-state index contributed by atoms with van der Waals surface area (Å²) in [6, 6.07) is 17.3. The van der Waals surface area contributed by atoms with Gasteiger partial charge in [-0.3, -0.25) is 4.79 Å². The molecule has 0 fully saturated rings. The van der Waals surface area contributed by atoms with E-state index in [9.17, 15) is 4.79 Å². The van der Waals surface area contributed by atoms with Crippen LogP contribution >= 0.6 is 0 Å². The molecule has 0 unspecified atom stereocenters. The van der Waals surface area contributed by atoms with E-state index in [4.69, 9.17) is 0 Å². The molecule has 0 aliphatic heterocycles. The van der Waals surface area contributed by atoms with E-state index < -0.39 is 0 Å². The second-order valence-electron chi connectivity index (χ2n) is 4.79. The predicted octanol–water partition coefficient (Wildman–Crippen LogP) is 3.47. The maximum atomic E-state index is 12.6. The summed E-state index contributed by atoms with van der Waals surface area (Å²) in [4.78, 5) is 16.0. The van der Waals surface area contributed by atoms with Crippen molar-refractivity contribution < 1.29 is 0 Å². The molecule has 3 nitrogen and oxygen atoms in total. The third-order valence-electron chi connectivity index (χ3n) is 3.60. The number of pyridine rings is 1. The molecule has 2 heterocycles. The maximum absolute atomic E-state index is 12.6. The number of nitrogens with zero attached hydrogens (tertiary/aromatic N) is 1. The van der Waals surface area contributed by atoms with E-state index in [0.717, 1.165) is 27.5 Å². The minimum Gasteiger partial charge on any atom is -0.353 e. The fraction of sp³-hybridized carbons (Fsp3) is 0. The van der Waals surface area contributed by atoms with Gasteiger partial charge < -0.3 is 9.55 Å². The summed E-state index contributed by atoms with van der Waals surface area (Å²) in [5.41, 5.74) is 2.79. The summed E-state index contributed by atoms with van der Waals surface area (Å²) in [5.74, 6) is 0. The number of aromatic nitrogens is 2. The lowest BCUT2D eigenvalue weighted by molar-refractivity contribution is 1.09. The monoisotopic (exact) mass is 260 g/mol. The van der Waals surface area contributed by atoms with E-state index >= 15 is 0 Å². The lowest BCUT2D eigenvalue weighted by atomic mass is 10.1. The summed E-state index contributed by atoms with van der Waals surface area (Å²) in [7, 11) is 0. The fourth-order valence-corrected chi connectivity index (χ4v) is 2.64. The molecule has 0 aliphatic rings. The van der Waals surface area contributed by atoms with Gasteiger partial charge in [-0.1, -0.05) is 18.2 Å². The van der Waals surface area contributed by atoms with Crippen molar-refractivity contribution in [2.75, 3.05) is 0 Å². The van der Waals surface area contributed by atoms with Crippen molar-refractivity contribution in [1.82, 2.24) is 9.55 Å². The second kappa shape index (κ2) is 4.10. The Bertz CT molecular complexity index is 965. The number of benzene rings is 2. The number of rotatable bonds is 1. The first kappa shape index (κ1) is 11.1. The van der Waals surface area contributed by atoms with Gasteiger partial charge in [-0.2, -0.15) is 0 Å². The van der Waals surface area contributed by atoms with Crippen molar-refractivity contribution in [3.63, 3.8) is 0 Å². The maximum Gasteiger partial charge on any atom is 0.197 e. The van der Waals surface area contributed by atoms with Gasteiger partial charge in [0.25, 0.3) is 0 Å². The minimum atomic E-state index is 0.0726. The summed E-state index contributed by atoms with van der Waals surface area (Å²) >= 11 is 0. The van der Waals surface area contributed by atoms with Gasteiger partial charge in [0, 0.05) is 28.7 Å². The molecule has 0 spiro atoms. The van der Waals surface area contributed by atoms with Gasteiger partial charge >= 0.3 is 0 Å². The highest BCUT2D eigenvalue weighted by atomic mass is 16.1. The van der Waals surface area contributed by atoms with Crippen LogP contribution in [0.3, 0.4) is 0 Å². The number of H-pyrrole nitrogens is 1. The van der Waals surface area contributed by atoms with Crippen LogP contribution in [0, 0.1) is 0 Å². The van der Waals surface area contributed by atoms with E-state index in [1.807, 2.05) is 71.6 Å². The minimum absolute atomic E-state index is 0.0726. The summed E-state index contributed by atoms with van der Waals surface area (Å²) in [6.45, 7) is 0. The van der Waals surface area contributed by atoms with Crippen LogP contribution < -0.4 is 5.43 Å². The predicted molar refractivity (Wildman–Crippen MR) is 81.4 cm³/mol. The van der Waals surface area contributed by atoms with Crippen LogP contribution in [-0.4, -0.2) is 9.55 Å². The van der Waals surface area contributed by atoms with E-state index in [1.165, 1.54) is 0 Å². The highest BCUT2D eigenvalue weighted by Gasteiger charge is 2.08. The molecule has 0 atom stereocenters. The number of hydrogen-bond acceptors (Lipinski definition) is 1. The van der Waals surface area contributed by atoms with E-state index in [0.29, 0.717) is 0 Å². The average Bonchev–Trinajstić information content (AvgIpc) is 3.01. The van der Waals surface area contributed by atoms with Crippen molar-refractivity contribution in [2.45, 2.75) is 0 Å². The molecular weight excluding hydrogens is 248 g/mol. The first-order valence-electron chi connectivity index (χ1n) is 6.52. The highest BCUT2D eigenvalue weighted by molar-refractivity contribution is 5.96. The Kier molecular flexibility index (Phi) is 2.27. The summed E-state index contributed by atoms with van der Waals surface area (Å²) < 4.78 is 2.01. The number of nitrogens with one attached hydrogen (secondary N) is 1. The van der Waals surface area contributed by atoms with E-state index in [1.54, 1.807) is 0 Å². The van der Waals surface area contributed by atoms with Gasteiger partial charge in [0.05, 0.1) is 11.2 Å². The van der Waals surface area contributed by atoms with Gasteiger partial charge in [-0.05, 0) is 36.4 Å². The van der Waals surface area contributed by atoms with Crippen LogP contribution in [0.4, 0.5) is 0 Å². The Balaban J connectivity index is 2.21. The van der Waals surface area contributed by atoms with Crippen LogP contribution in [-0.2, 0) is 0 Å². The molecule has 2 aromatic carbocycles. The van der Waals surface area contributed by atoms with Crippen molar-refractivity contribution >= 4 is 21.8 Å². The van der Waals surface area contributed by atoms with Crippen LogP contribution in [0.2, 0.25) is 0 Å². The summed E-state index contributed by atoms with van der Waals surface area (Å²) in [5, 5.41) is 1.44. The van der Waals surface area contributed by atoms with Gasteiger partial charge in [0.15, 0.2) is 5.43 Å². The quantitative estimate of drug-likeness (QED) is 0.523. The second-order valence-corrected chi connectivity index (χ2v) is 4.79. The Morgan fingerprint density at radius 2 is 1.55 bits per heavy atom. The van der Waals surface area contributed by atoms with Gasteiger partial charge in [-0.25, -0.2) is 0 Å². The lowest BCUT2D eigenvalue weighted by Crippen LogP contribution is -2.06. The molecule has 4 rings (SSSR count). The molecule has 1 N–H and O–H groups in total. The zero-order valence-corrected chi connectivity index (χ0v) is 10.7. The Morgan fingerprint density at radius 1 is 0.800 bits per heavy atom. The van der Waals surface area contributed by atoms with Crippen molar-refractivity contribution in [1.29, 1.82) is 0 Å². The zero-order chi connectivity index (χ0) is 13.5. The average molecular weight is 260 g/mol. The number of para-hydroxylation sites is 2. The molecule has 2 aromatic heterocycles. The number of aromatic amines is 1. The molecule has 96 valence electrons. The molecule has 20 heavy (non-hydrogen) atoms. The van der Waals surface area contributed by atoms with Gasteiger partial charge in [-0.15, -0.1) is 0 Å². The highest BCUT2D eigenvalue weighted by Crippen LogP contribution is 2.21. The van der Waals surface area contributed by atoms with Crippen LogP contribution in [0.1, 0.15) is 0 Å².